The van der Waals surface area contributed by atoms with Crippen molar-refractivity contribution < 1.29 is 14.3 Å². The van der Waals surface area contributed by atoms with Gasteiger partial charge in [-0.3, -0.25) is 4.79 Å². The Morgan fingerprint density at radius 3 is 2.78 bits per heavy atom. The average molecular weight is 385 g/mol. The molecule has 1 unspecified atom stereocenters. The van der Waals surface area contributed by atoms with Crippen LogP contribution in [0.2, 0.25) is 0 Å². The number of fused-ring (bicyclic) bond motifs is 1. The molecule has 0 bridgehead atoms. The van der Waals surface area contributed by atoms with Gasteiger partial charge in [0.05, 0.1) is 19.3 Å². The molecular weight excluding hydrogens is 364 g/mol. The molecule has 1 aromatic heterocycles. The van der Waals surface area contributed by atoms with Crippen LogP contribution in [-0.2, 0) is 9.53 Å². The molecule has 1 saturated heterocycles. The zero-order chi connectivity index (χ0) is 16.7. The van der Waals surface area contributed by atoms with Crippen molar-refractivity contribution in [3.8, 4) is 0 Å². The molecule has 1 saturated carbocycles. The van der Waals surface area contributed by atoms with E-state index in [1.807, 2.05) is 18.7 Å². The number of hydrogen-bond donors (Lipinski definition) is 2. The molecule has 3 rings (SSSR count). The molecule has 2 N–H and O–H groups in total. The SMILES string of the molecule is COC(=O)NC(C(=O)N1[C@@H]2C[C@@H]2C[C@H]1c1ncc(Br)[nH]1)C(C)C. The molecule has 2 heterocycles. The molecule has 2 fully saturated rings. The van der Waals surface area contributed by atoms with Gasteiger partial charge >= 0.3 is 6.09 Å². The number of imidazole rings is 1. The molecule has 1 aliphatic heterocycles. The van der Waals surface area contributed by atoms with Crippen molar-refractivity contribution in [1.29, 1.82) is 0 Å². The monoisotopic (exact) mass is 384 g/mol. The molecular formula is C15H21BrN4O3. The Morgan fingerprint density at radius 1 is 1.48 bits per heavy atom. The Hall–Kier alpha value is -1.57. The Balaban J connectivity index is 1.81. The van der Waals surface area contributed by atoms with E-state index in [4.69, 9.17) is 0 Å². The summed E-state index contributed by atoms with van der Waals surface area (Å²) < 4.78 is 5.45. The third kappa shape index (κ3) is 3.08. The second-order valence-electron chi connectivity index (χ2n) is 6.53. The molecule has 2 amide bonds. The predicted octanol–water partition coefficient (Wildman–Crippen LogP) is 2.21. The number of amides is 2. The summed E-state index contributed by atoms with van der Waals surface area (Å²) in [4.78, 5) is 34.1. The summed E-state index contributed by atoms with van der Waals surface area (Å²) in [7, 11) is 1.30. The highest BCUT2D eigenvalue weighted by Crippen LogP contribution is 2.53. The number of H-pyrrole nitrogens is 1. The lowest BCUT2D eigenvalue weighted by Crippen LogP contribution is -2.52. The fourth-order valence-corrected chi connectivity index (χ4v) is 3.67. The van der Waals surface area contributed by atoms with Crippen LogP contribution in [-0.4, -0.2) is 46.1 Å². The van der Waals surface area contributed by atoms with Gasteiger partial charge in [0.2, 0.25) is 5.91 Å². The average Bonchev–Trinajstić information content (AvgIpc) is 2.96. The van der Waals surface area contributed by atoms with Crippen molar-refractivity contribution >= 4 is 27.9 Å². The van der Waals surface area contributed by atoms with Gasteiger partial charge in [-0.2, -0.15) is 0 Å². The Bertz CT molecular complexity index is 618. The fraction of sp³-hybridized carbons (Fsp3) is 0.667. The van der Waals surface area contributed by atoms with Gasteiger partial charge in [0.1, 0.15) is 16.5 Å². The molecule has 126 valence electrons. The predicted molar refractivity (Wildman–Crippen MR) is 86.6 cm³/mol. The first-order valence-corrected chi connectivity index (χ1v) is 8.58. The van der Waals surface area contributed by atoms with E-state index in [9.17, 15) is 9.59 Å². The lowest BCUT2D eigenvalue weighted by Gasteiger charge is -2.31. The summed E-state index contributed by atoms with van der Waals surface area (Å²) in [6.07, 6.45) is 3.07. The number of likely N-dealkylation sites (tertiary alicyclic amines) is 1. The highest BCUT2D eigenvalue weighted by Gasteiger charge is 2.56. The normalized spacial score (nSPS) is 26.8. The number of alkyl carbamates (subject to hydrolysis) is 1. The standard InChI is InChI=1S/C15H21BrN4O3/c1-7(2)12(19-15(22)23-3)14(21)20-9-4-8(9)5-10(20)13-17-6-11(16)18-13/h6-10,12H,4-5H2,1-3H3,(H,17,18)(H,19,22)/t8-,9-,10+,12?/m1/s1. The number of ether oxygens (including phenoxy) is 1. The minimum atomic E-state index is -0.595. The van der Waals surface area contributed by atoms with Crippen LogP contribution in [0.3, 0.4) is 0 Å². The van der Waals surface area contributed by atoms with E-state index >= 15 is 0 Å². The highest BCUT2D eigenvalue weighted by molar-refractivity contribution is 9.10. The Kier molecular flexibility index (Phi) is 4.35. The van der Waals surface area contributed by atoms with Crippen LogP contribution in [0.25, 0.3) is 0 Å². The van der Waals surface area contributed by atoms with Crippen LogP contribution in [0.1, 0.15) is 38.6 Å². The minimum Gasteiger partial charge on any atom is -0.453 e. The number of aromatic nitrogens is 2. The van der Waals surface area contributed by atoms with E-state index in [0.717, 1.165) is 23.3 Å². The van der Waals surface area contributed by atoms with Crippen LogP contribution in [0.4, 0.5) is 4.79 Å². The van der Waals surface area contributed by atoms with Gasteiger partial charge in [0, 0.05) is 6.04 Å². The summed E-state index contributed by atoms with van der Waals surface area (Å²) in [5.74, 6) is 1.24. The van der Waals surface area contributed by atoms with Gasteiger partial charge in [-0.25, -0.2) is 9.78 Å². The highest BCUT2D eigenvalue weighted by atomic mass is 79.9. The Labute approximate surface area is 143 Å². The van der Waals surface area contributed by atoms with Gasteiger partial charge < -0.3 is 19.9 Å². The zero-order valence-corrected chi connectivity index (χ0v) is 15.0. The first kappa shape index (κ1) is 16.3. The maximum absolute atomic E-state index is 13.1. The van der Waals surface area contributed by atoms with E-state index in [0.29, 0.717) is 5.92 Å². The first-order chi connectivity index (χ1) is 10.9. The van der Waals surface area contributed by atoms with Gasteiger partial charge in [-0.1, -0.05) is 13.8 Å². The Morgan fingerprint density at radius 2 is 2.22 bits per heavy atom. The summed E-state index contributed by atoms with van der Waals surface area (Å²) in [5.41, 5.74) is 0. The van der Waals surface area contributed by atoms with Crippen molar-refractivity contribution in [1.82, 2.24) is 20.2 Å². The maximum atomic E-state index is 13.1. The van der Waals surface area contributed by atoms with Crippen molar-refractivity contribution in [3.63, 3.8) is 0 Å². The number of nitrogens with one attached hydrogen (secondary N) is 2. The van der Waals surface area contributed by atoms with Gasteiger partial charge in [-0.15, -0.1) is 0 Å². The molecule has 23 heavy (non-hydrogen) atoms. The molecule has 0 spiro atoms. The molecule has 2 aliphatic rings. The molecule has 1 aromatic rings. The minimum absolute atomic E-state index is 0.0246. The van der Waals surface area contributed by atoms with E-state index in [2.05, 4.69) is 36.0 Å². The summed E-state index contributed by atoms with van der Waals surface area (Å²) in [6.45, 7) is 3.83. The molecule has 0 aromatic carbocycles. The van der Waals surface area contributed by atoms with Crippen molar-refractivity contribution in [2.45, 2.75) is 44.8 Å². The number of rotatable bonds is 4. The molecule has 8 heteroatoms. The number of aromatic amines is 1. The molecule has 1 aliphatic carbocycles. The second kappa shape index (κ2) is 6.14. The lowest BCUT2D eigenvalue weighted by atomic mass is 10.0. The van der Waals surface area contributed by atoms with Crippen molar-refractivity contribution in [2.24, 2.45) is 11.8 Å². The lowest BCUT2D eigenvalue weighted by molar-refractivity contribution is -0.136. The van der Waals surface area contributed by atoms with Gasteiger partial charge in [-0.05, 0) is 40.6 Å². The quantitative estimate of drug-likeness (QED) is 0.832. The third-order valence-corrected chi connectivity index (χ3v) is 5.03. The number of methoxy groups -OCH3 is 1. The third-order valence-electron chi connectivity index (χ3n) is 4.63. The number of hydrogen-bond acceptors (Lipinski definition) is 4. The number of nitrogens with zero attached hydrogens (tertiary/aromatic N) is 2. The fourth-order valence-electron chi connectivity index (χ4n) is 3.36. The van der Waals surface area contributed by atoms with Crippen LogP contribution < -0.4 is 5.32 Å². The van der Waals surface area contributed by atoms with Crippen molar-refractivity contribution in [2.75, 3.05) is 7.11 Å². The molecule has 4 atom stereocenters. The second-order valence-corrected chi connectivity index (χ2v) is 7.39. The van der Waals surface area contributed by atoms with Crippen LogP contribution in [0.5, 0.6) is 0 Å². The van der Waals surface area contributed by atoms with Crippen LogP contribution in [0.15, 0.2) is 10.8 Å². The summed E-state index contributed by atoms with van der Waals surface area (Å²) >= 11 is 3.36. The number of carbonyl (C=O) groups excluding carboxylic acids is 2. The first-order valence-electron chi connectivity index (χ1n) is 7.79. The largest absolute Gasteiger partial charge is 0.453 e. The molecule has 7 nitrogen and oxygen atoms in total. The topological polar surface area (TPSA) is 87.3 Å². The van der Waals surface area contributed by atoms with Crippen LogP contribution >= 0.6 is 15.9 Å². The van der Waals surface area contributed by atoms with Gasteiger partial charge in [0.15, 0.2) is 0 Å². The molecule has 0 radical (unpaired) electrons. The number of carbonyl (C=O) groups is 2. The number of piperidine rings is 1. The van der Waals surface area contributed by atoms with E-state index in [1.54, 1.807) is 6.20 Å². The number of halogens is 1. The van der Waals surface area contributed by atoms with Crippen molar-refractivity contribution in [3.05, 3.63) is 16.6 Å². The zero-order valence-electron chi connectivity index (χ0n) is 13.4. The van der Waals surface area contributed by atoms with E-state index in [-0.39, 0.29) is 23.9 Å². The van der Waals surface area contributed by atoms with Crippen LogP contribution in [0, 0.1) is 11.8 Å². The smallest absolute Gasteiger partial charge is 0.407 e. The van der Waals surface area contributed by atoms with E-state index in [1.165, 1.54) is 7.11 Å². The maximum Gasteiger partial charge on any atom is 0.407 e. The summed E-state index contributed by atoms with van der Waals surface area (Å²) in [6, 6.07) is -0.391. The van der Waals surface area contributed by atoms with E-state index < -0.39 is 12.1 Å². The van der Waals surface area contributed by atoms with Gasteiger partial charge in [0.25, 0.3) is 0 Å². The summed E-state index contributed by atoms with van der Waals surface area (Å²) in [5, 5.41) is 2.67.